The molecule has 2 rings (SSSR count). The Morgan fingerprint density at radius 2 is 1.95 bits per heavy atom. The lowest BCUT2D eigenvalue weighted by Crippen LogP contribution is -2.12. The highest BCUT2D eigenvalue weighted by Crippen LogP contribution is 2.17. The predicted molar refractivity (Wildman–Crippen MR) is 85.5 cm³/mol. The maximum Gasteiger partial charge on any atom is 0.366 e. The molecule has 4 nitrogen and oxygen atoms in total. The van der Waals surface area contributed by atoms with Gasteiger partial charge in [-0.3, -0.25) is 4.99 Å². The van der Waals surface area contributed by atoms with Crippen LogP contribution in [0.15, 0.2) is 44.6 Å². The van der Waals surface area contributed by atoms with Gasteiger partial charge in [0.05, 0.1) is 17.1 Å². The minimum absolute atomic E-state index is 0.335. The summed E-state index contributed by atoms with van der Waals surface area (Å²) in [5, 5.41) is 2.64. The van der Waals surface area contributed by atoms with E-state index in [0.29, 0.717) is 5.56 Å². The largest absolute Gasteiger partial charge is 0.366 e. The molecule has 4 heteroatoms. The van der Waals surface area contributed by atoms with E-state index in [2.05, 4.69) is 17.1 Å². The Hall–Kier alpha value is -2.10. The molecule has 2 aromatic rings. The Morgan fingerprint density at radius 3 is 2.57 bits per heavy atom. The van der Waals surface area contributed by atoms with E-state index in [0.717, 1.165) is 36.4 Å². The summed E-state index contributed by atoms with van der Waals surface area (Å²) < 4.78 is 4.88. The molecule has 0 spiro atoms. The summed E-state index contributed by atoms with van der Waals surface area (Å²) in [6.45, 7) is 4.02. The minimum atomic E-state index is -0.335. The number of nitrogens with one attached hydrogen (secondary N) is 1. The highest BCUT2D eigenvalue weighted by Gasteiger charge is 2.15. The van der Waals surface area contributed by atoms with E-state index in [1.54, 1.807) is 0 Å². The molecule has 0 unspecified atom stereocenters. The maximum absolute atomic E-state index is 11.9. The molecule has 0 aliphatic carbocycles. The monoisotopic (exact) mass is 286 g/mol. The Bertz CT molecular complexity index is 638. The molecule has 0 radical (unpaired) electrons. The fourth-order valence-corrected chi connectivity index (χ4v) is 2.33. The quantitative estimate of drug-likeness (QED) is 0.607. The summed E-state index contributed by atoms with van der Waals surface area (Å²) in [6, 6.07) is 9.72. The molecule has 0 saturated carbocycles. The molecule has 1 N–H and O–H groups in total. The molecular weight excluding hydrogens is 264 g/mol. The van der Waals surface area contributed by atoms with Crippen LogP contribution in [0.25, 0.3) is 0 Å². The van der Waals surface area contributed by atoms with E-state index in [9.17, 15) is 4.79 Å². The molecule has 0 fully saturated rings. The highest BCUT2D eigenvalue weighted by molar-refractivity contribution is 6.02. The van der Waals surface area contributed by atoms with E-state index >= 15 is 0 Å². The summed E-state index contributed by atoms with van der Waals surface area (Å²) in [7, 11) is 0. The first-order valence-corrected chi connectivity index (χ1v) is 7.53. The lowest BCUT2D eigenvalue weighted by atomic mass is 10.0. The number of hydrogen-bond donors (Lipinski definition) is 1. The van der Waals surface area contributed by atoms with Crippen molar-refractivity contribution in [2.45, 2.75) is 46.0 Å². The summed E-state index contributed by atoms with van der Waals surface area (Å²) in [5.74, 6) is 0. The van der Waals surface area contributed by atoms with Gasteiger partial charge in [0.15, 0.2) is 0 Å². The van der Waals surface area contributed by atoms with Crippen molar-refractivity contribution < 1.29 is 4.52 Å². The van der Waals surface area contributed by atoms with Gasteiger partial charge in [0.25, 0.3) is 0 Å². The van der Waals surface area contributed by atoms with Crippen molar-refractivity contribution in [2.75, 3.05) is 0 Å². The number of hydrogen-bond acceptors (Lipinski definition) is 3. The summed E-state index contributed by atoms with van der Waals surface area (Å²) in [5.41, 5.74) is 2.66. The van der Waals surface area contributed by atoms with Crippen LogP contribution in [0.5, 0.6) is 0 Å². The fourth-order valence-electron chi connectivity index (χ4n) is 2.33. The molecule has 1 aromatic heterocycles. The van der Waals surface area contributed by atoms with Gasteiger partial charge in [-0.25, -0.2) is 9.95 Å². The van der Waals surface area contributed by atoms with Crippen LogP contribution < -0.4 is 5.63 Å². The third-order valence-electron chi connectivity index (χ3n) is 3.45. The van der Waals surface area contributed by atoms with Crippen molar-refractivity contribution in [1.82, 2.24) is 5.16 Å². The number of aliphatic imine (C=N–C) groups is 1. The Kier molecular flexibility index (Phi) is 5.55. The number of rotatable bonds is 7. The number of aromatic nitrogens is 1. The average Bonchev–Trinajstić information content (AvgIpc) is 2.83. The van der Waals surface area contributed by atoms with Crippen LogP contribution in [0.1, 0.15) is 50.3 Å². The molecular formula is C17H22N2O2. The first-order chi connectivity index (χ1) is 10.2. The van der Waals surface area contributed by atoms with Gasteiger partial charge in [0.1, 0.15) is 5.56 Å². The van der Waals surface area contributed by atoms with E-state index in [1.807, 2.05) is 37.3 Å². The lowest BCUT2D eigenvalue weighted by Gasteiger charge is -2.05. The molecule has 0 aliphatic heterocycles. The van der Waals surface area contributed by atoms with Gasteiger partial charge in [-0.05, 0) is 31.9 Å². The number of unbranched alkanes of at least 4 members (excludes halogenated alkanes) is 3. The van der Waals surface area contributed by atoms with Crippen LogP contribution in [0.3, 0.4) is 0 Å². The number of para-hydroxylation sites is 1. The molecule has 0 amide bonds. The van der Waals surface area contributed by atoms with Crippen molar-refractivity contribution in [3.05, 3.63) is 52.0 Å². The predicted octanol–water partition coefficient (Wildman–Crippen LogP) is 4.37. The van der Waals surface area contributed by atoms with Crippen molar-refractivity contribution in [3.8, 4) is 0 Å². The second-order valence-corrected chi connectivity index (χ2v) is 5.20. The molecule has 112 valence electrons. The topological polar surface area (TPSA) is 58.4 Å². The SMILES string of the molecule is CCCCCCC(=Nc1ccccc1)c1c(C)[nH]oc1=O. The van der Waals surface area contributed by atoms with Gasteiger partial charge < -0.3 is 4.52 Å². The van der Waals surface area contributed by atoms with Crippen molar-refractivity contribution in [2.24, 2.45) is 4.99 Å². The third-order valence-corrected chi connectivity index (χ3v) is 3.45. The van der Waals surface area contributed by atoms with Crippen molar-refractivity contribution in [3.63, 3.8) is 0 Å². The summed E-state index contributed by atoms with van der Waals surface area (Å²) in [6.07, 6.45) is 5.37. The normalized spacial score (nSPS) is 11.8. The molecule has 1 heterocycles. The van der Waals surface area contributed by atoms with Crippen LogP contribution in [0, 0.1) is 6.92 Å². The van der Waals surface area contributed by atoms with E-state index in [-0.39, 0.29) is 5.63 Å². The lowest BCUT2D eigenvalue weighted by molar-refractivity contribution is 0.387. The van der Waals surface area contributed by atoms with Gasteiger partial charge in [0.2, 0.25) is 0 Å². The third kappa shape index (κ3) is 4.18. The first-order valence-electron chi connectivity index (χ1n) is 7.53. The summed E-state index contributed by atoms with van der Waals surface area (Å²) >= 11 is 0. The highest BCUT2D eigenvalue weighted by atomic mass is 16.5. The molecule has 0 aliphatic rings. The molecule has 0 bridgehead atoms. The van der Waals surface area contributed by atoms with E-state index in [4.69, 9.17) is 4.52 Å². The second-order valence-electron chi connectivity index (χ2n) is 5.20. The zero-order chi connectivity index (χ0) is 15.1. The Morgan fingerprint density at radius 1 is 1.19 bits per heavy atom. The minimum Gasteiger partial charge on any atom is -0.338 e. The number of benzene rings is 1. The van der Waals surface area contributed by atoms with Gasteiger partial charge in [-0.15, -0.1) is 0 Å². The van der Waals surface area contributed by atoms with Crippen molar-refractivity contribution in [1.29, 1.82) is 0 Å². The standard InChI is InChI=1S/C17H22N2O2/c1-3-4-5-9-12-15(16-13(2)19-21-17(16)20)18-14-10-7-6-8-11-14/h6-8,10-11,19H,3-5,9,12H2,1-2H3. The van der Waals surface area contributed by atoms with Crippen LogP contribution in [0.2, 0.25) is 0 Å². The molecule has 1 aromatic carbocycles. The summed E-state index contributed by atoms with van der Waals surface area (Å²) in [4.78, 5) is 16.5. The Balaban J connectivity index is 2.27. The first kappa shape index (κ1) is 15.3. The molecule has 21 heavy (non-hydrogen) atoms. The van der Waals surface area contributed by atoms with E-state index < -0.39 is 0 Å². The van der Waals surface area contributed by atoms with Gasteiger partial charge in [-0.1, -0.05) is 44.4 Å². The van der Waals surface area contributed by atoms with Crippen LogP contribution >= 0.6 is 0 Å². The maximum atomic E-state index is 11.9. The number of nitrogens with zero attached hydrogens (tertiary/aromatic N) is 1. The van der Waals surface area contributed by atoms with Crippen LogP contribution in [-0.2, 0) is 0 Å². The number of H-pyrrole nitrogens is 1. The van der Waals surface area contributed by atoms with Crippen LogP contribution in [0.4, 0.5) is 5.69 Å². The second kappa shape index (κ2) is 7.62. The average molecular weight is 286 g/mol. The zero-order valence-electron chi connectivity index (χ0n) is 12.7. The zero-order valence-corrected chi connectivity index (χ0v) is 12.7. The van der Waals surface area contributed by atoms with Crippen LogP contribution in [-0.4, -0.2) is 10.9 Å². The van der Waals surface area contributed by atoms with E-state index in [1.165, 1.54) is 12.8 Å². The van der Waals surface area contributed by atoms with Gasteiger partial charge in [-0.2, -0.15) is 0 Å². The van der Waals surface area contributed by atoms with Gasteiger partial charge >= 0.3 is 5.63 Å². The van der Waals surface area contributed by atoms with Crippen molar-refractivity contribution >= 4 is 11.4 Å². The molecule has 0 atom stereocenters. The smallest absolute Gasteiger partial charge is 0.338 e. The number of aryl methyl sites for hydroxylation is 1. The number of aromatic amines is 1. The Labute approximate surface area is 124 Å². The molecule has 0 saturated heterocycles. The van der Waals surface area contributed by atoms with Gasteiger partial charge in [0, 0.05) is 0 Å². The fraction of sp³-hybridized carbons (Fsp3) is 0.412.